The molecule has 0 radical (unpaired) electrons. The lowest BCUT2D eigenvalue weighted by atomic mass is 10.2. The summed E-state index contributed by atoms with van der Waals surface area (Å²) in [5, 5.41) is 3.36. The Labute approximate surface area is 136 Å². The summed E-state index contributed by atoms with van der Waals surface area (Å²) >= 11 is 13.5. The van der Waals surface area contributed by atoms with Gasteiger partial charge in [0.15, 0.2) is 0 Å². The van der Waals surface area contributed by atoms with Gasteiger partial charge in [0.2, 0.25) is 0 Å². The van der Waals surface area contributed by atoms with E-state index in [9.17, 15) is 0 Å². The van der Waals surface area contributed by atoms with Crippen molar-refractivity contribution in [3.63, 3.8) is 0 Å². The summed E-state index contributed by atoms with van der Waals surface area (Å²) in [5.41, 5.74) is 1.91. The summed E-state index contributed by atoms with van der Waals surface area (Å²) in [7, 11) is 0. The minimum absolute atomic E-state index is 0.0575. The molecule has 21 heavy (non-hydrogen) atoms. The molecule has 3 aromatic heterocycles. The molecule has 1 unspecified atom stereocenters. The fraction of sp³-hybridized carbons (Fsp3) is 0.143. The zero-order valence-electron chi connectivity index (χ0n) is 11.1. The van der Waals surface area contributed by atoms with Gasteiger partial charge in [-0.15, -0.1) is 11.3 Å². The van der Waals surface area contributed by atoms with Gasteiger partial charge in [-0.05, 0) is 25.1 Å². The van der Waals surface area contributed by atoms with Crippen LogP contribution in [-0.2, 0) is 0 Å². The maximum absolute atomic E-state index is 6.17. The zero-order valence-corrected chi connectivity index (χ0v) is 13.5. The van der Waals surface area contributed by atoms with E-state index in [1.807, 2.05) is 35.9 Å². The Hall–Kier alpha value is -1.56. The van der Waals surface area contributed by atoms with Crippen LogP contribution in [0.3, 0.4) is 0 Å². The van der Waals surface area contributed by atoms with Crippen molar-refractivity contribution in [2.75, 3.05) is 5.32 Å². The highest BCUT2D eigenvalue weighted by Crippen LogP contribution is 2.36. The van der Waals surface area contributed by atoms with Crippen LogP contribution < -0.4 is 5.32 Å². The molecule has 3 rings (SSSR count). The lowest BCUT2D eigenvalue weighted by molar-refractivity contribution is 0.886. The Kier molecular flexibility index (Phi) is 4.14. The Morgan fingerprint density at radius 1 is 1.33 bits per heavy atom. The van der Waals surface area contributed by atoms with Crippen LogP contribution in [0.25, 0.3) is 5.82 Å². The van der Waals surface area contributed by atoms with Gasteiger partial charge in [-0.2, -0.15) is 0 Å². The summed E-state index contributed by atoms with van der Waals surface area (Å²) in [4.78, 5) is 8.40. The number of rotatable bonds is 4. The molecule has 0 amide bonds. The number of thiophene rings is 1. The summed E-state index contributed by atoms with van der Waals surface area (Å²) in [6.45, 7) is 2.04. The van der Waals surface area contributed by atoms with Crippen LogP contribution in [0, 0.1) is 0 Å². The zero-order chi connectivity index (χ0) is 14.8. The van der Waals surface area contributed by atoms with Gasteiger partial charge in [0.25, 0.3) is 0 Å². The van der Waals surface area contributed by atoms with Gasteiger partial charge in [0.05, 0.1) is 26.6 Å². The van der Waals surface area contributed by atoms with E-state index < -0.39 is 0 Å². The molecule has 0 fully saturated rings. The molecule has 1 N–H and O–H groups in total. The number of nitrogens with one attached hydrogen (secondary N) is 1. The van der Waals surface area contributed by atoms with E-state index in [-0.39, 0.29) is 6.04 Å². The molecular weight excluding hydrogens is 327 g/mol. The number of pyridine rings is 1. The summed E-state index contributed by atoms with van der Waals surface area (Å²) in [6.07, 6.45) is 7.07. The van der Waals surface area contributed by atoms with Crippen LogP contribution in [0.15, 0.2) is 43.1 Å². The third-order valence-corrected chi connectivity index (χ3v) is 4.57. The molecule has 3 aromatic rings. The highest BCUT2D eigenvalue weighted by Gasteiger charge is 2.13. The van der Waals surface area contributed by atoms with Crippen LogP contribution >= 0.6 is 34.5 Å². The van der Waals surface area contributed by atoms with Crippen molar-refractivity contribution in [3.8, 4) is 5.82 Å². The summed E-state index contributed by atoms with van der Waals surface area (Å²) < 4.78 is 3.25. The topological polar surface area (TPSA) is 42.7 Å². The molecule has 0 aliphatic carbocycles. The molecule has 0 saturated heterocycles. The van der Waals surface area contributed by atoms with Crippen LogP contribution in [0.5, 0.6) is 0 Å². The quantitative estimate of drug-likeness (QED) is 0.742. The summed E-state index contributed by atoms with van der Waals surface area (Å²) in [5.74, 6) is 0.822. The average Bonchev–Trinajstić information content (AvgIpc) is 3.09. The fourth-order valence-electron chi connectivity index (χ4n) is 1.99. The minimum atomic E-state index is 0.0575. The first-order valence-corrected chi connectivity index (χ1v) is 7.86. The minimum Gasteiger partial charge on any atom is -0.377 e. The molecule has 0 spiro atoms. The number of hydrogen-bond donors (Lipinski definition) is 1. The molecular formula is C14H12Cl2N4S. The van der Waals surface area contributed by atoms with Crippen molar-refractivity contribution in [3.05, 3.63) is 57.4 Å². The van der Waals surface area contributed by atoms with E-state index in [1.165, 1.54) is 11.3 Å². The number of hydrogen-bond acceptors (Lipinski definition) is 4. The van der Waals surface area contributed by atoms with Crippen LogP contribution in [0.1, 0.15) is 18.5 Å². The van der Waals surface area contributed by atoms with Gasteiger partial charge in [0.1, 0.15) is 12.1 Å². The Balaban J connectivity index is 1.74. The predicted molar refractivity (Wildman–Crippen MR) is 87.7 cm³/mol. The molecule has 1 atom stereocenters. The second kappa shape index (κ2) is 6.05. The van der Waals surface area contributed by atoms with E-state index in [0.717, 1.165) is 17.1 Å². The fourth-order valence-corrected chi connectivity index (χ4v) is 3.64. The van der Waals surface area contributed by atoms with E-state index in [2.05, 4.69) is 15.3 Å². The van der Waals surface area contributed by atoms with Gasteiger partial charge in [-0.25, -0.2) is 9.97 Å². The number of anilines is 1. The number of imidazole rings is 1. The van der Waals surface area contributed by atoms with Crippen LogP contribution in [0.2, 0.25) is 8.67 Å². The number of nitrogens with zero attached hydrogens (tertiary/aromatic N) is 3. The average molecular weight is 339 g/mol. The van der Waals surface area contributed by atoms with E-state index in [1.54, 1.807) is 18.7 Å². The van der Waals surface area contributed by atoms with Crippen LogP contribution in [-0.4, -0.2) is 14.5 Å². The van der Waals surface area contributed by atoms with Gasteiger partial charge in [-0.1, -0.05) is 23.2 Å². The van der Waals surface area contributed by atoms with E-state index in [4.69, 9.17) is 23.2 Å². The van der Waals surface area contributed by atoms with Crippen molar-refractivity contribution >= 4 is 40.2 Å². The summed E-state index contributed by atoms with van der Waals surface area (Å²) in [6, 6.07) is 5.85. The molecule has 0 saturated carbocycles. The predicted octanol–water partition coefficient (Wildman–Crippen LogP) is 4.81. The van der Waals surface area contributed by atoms with Gasteiger partial charge in [-0.3, -0.25) is 4.57 Å². The maximum Gasteiger partial charge on any atom is 0.137 e. The third-order valence-electron chi connectivity index (χ3n) is 3.05. The highest BCUT2D eigenvalue weighted by molar-refractivity contribution is 7.20. The monoisotopic (exact) mass is 338 g/mol. The van der Waals surface area contributed by atoms with E-state index >= 15 is 0 Å². The second-order valence-electron chi connectivity index (χ2n) is 4.52. The van der Waals surface area contributed by atoms with Crippen molar-refractivity contribution in [1.82, 2.24) is 14.5 Å². The molecule has 0 aromatic carbocycles. The molecule has 3 heterocycles. The molecule has 108 valence electrons. The second-order valence-corrected chi connectivity index (χ2v) is 6.81. The lowest BCUT2D eigenvalue weighted by Gasteiger charge is -2.14. The molecule has 7 heteroatoms. The molecule has 0 aliphatic heterocycles. The van der Waals surface area contributed by atoms with Gasteiger partial charge in [0, 0.05) is 18.0 Å². The van der Waals surface area contributed by atoms with Crippen LogP contribution in [0.4, 0.5) is 5.69 Å². The smallest absolute Gasteiger partial charge is 0.137 e. The van der Waals surface area contributed by atoms with Crippen molar-refractivity contribution < 1.29 is 0 Å². The van der Waals surface area contributed by atoms with Crippen molar-refractivity contribution in [1.29, 1.82) is 0 Å². The molecule has 0 aliphatic rings. The number of halogens is 2. The first-order valence-electron chi connectivity index (χ1n) is 6.29. The molecule has 4 nitrogen and oxygen atoms in total. The van der Waals surface area contributed by atoms with Crippen molar-refractivity contribution in [2.24, 2.45) is 0 Å². The lowest BCUT2D eigenvalue weighted by Crippen LogP contribution is -2.06. The highest BCUT2D eigenvalue weighted by atomic mass is 35.5. The third kappa shape index (κ3) is 3.20. The standard InChI is InChI=1S/C14H12Cl2N4S/c1-9(11-6-12(15)21-14(11)16)19-10-2-3-13(18-7-10)20-5-4-17-8-20/h2-9,19H,1H3. The first kappa shape index (κ1) is 14.4. The van der Waals surface area contributed by atoms with Gasteiger partial charge < -0.3 is 5.32 Å². The Morgan fingerprint density at radius 3 is 2.76 bits per heavy atom. The SMILES string of the molecule is CC(Nc1ccc(-n2ccnc2)nc1)c1cc(Cl)sc1Cl. The normalized spacial score (nSPS) is 12.3. The largest absolute Gasteiger partial charge is 0.377 e. The number of aromatic nitrogens is 3. The Bertz CT molecular complexity index is 722. The maximum atomic E-state index is 6.17. The Morgan fingerprint density at radius 2 is 2.19 bits per heavy atom. The van der Waals surface area contributed by atoms with Gasteiger partial charge >= 0.3 is 0 Å². The first-order chi connectivity index (χ1) is 10.1. The van der Waals surface area contributed by atoms with Crippen molar-refractivity contribution in [2.45, 2.75) is 13.0 Å². The molecule has 0 bridgehead atoms. The van der Waals surface area contributed by atoms with E-state index in [0.29, 0.717) is 8.67 Å².